The quantitative estimate of drug-likeness (QED) is 0.663. The van der Waals surface area contributed by atoms with Crippen LogP contribution in [-0.2, 0) is 11.2 Å². The van der Waals surface area contributed by atoms with Crippen molar-refractivity contribution in [3.8, 4) is 11.4 Å². The number of rotatable bonds is 5. The van der Waals surface area contributed by atoms with Crippen molar-refractivity contribution in [2.75, 3.05) is 13.1 Å². The number of nitrogens with zero attached hydrogens (tertiary/aromatic N) is 3. The van der Waals surface area contributed by atoms with Crippen LogP contribution < -0.4 is 0 Å². The lowest BCUT2D eigenvalue weighted by Gasteiger charge is -2.15. The molecule has 1 atom stereocenters. The number of hydrogen-bond donors (Lipinski definition) is 0. The molecule has 1 aromatic heterocycles. The molecule has 1 fully saturated rings. The van der Waals surface area contributed by atoms with Gasteiger partial charge in [-0.3, -0.25) is 4.79 Å². The van der Waals surface area contributed by atoms with Crippen LogP contribution in [-0.4, -0.2) is 34.0 Å². The Morgan fingerprint density at radius 3 is 2.81 bits per heavy atom. The van der Waals surface area contributed by atoms with Crippen LogP contribution in [0.25, 0.3) is 11.4 Å². The molecule has 1 aliphatic heterocycles. The maximum absolute atomic E-state index is 13.2. The molecule has 1 unspecified atom stereocenters. The fraction of sp³-hybridized carbons (Fsp3) is 0.250. The van der Waals surface area contributed by atoms with Crippen LogP contribution in [0, 0.1) is 5.82 Å². The maximum atomic E-state index is 13.2. The second-order valence-corrected chi connectivity index (χ2v) is 6.96. The van der Waals surface area contributed by atoms with E-state index in [4.69, 9.17) is 16.1 Å². The lowest BCUT2D eigenvalue weighted by Crippen LogP contribution is -2.27. The van der Waals surface area contributed by atoms with Crippen molar-refractivity contribution >= 4 is 17.5 Å². The van der Waals surface area contributed by atoms with E-state index < -0.39 is 5.82 Å². The molecule has 4 rings (SSSR count). The molecule has 27 heavy (non-hydrogen) atoms. The minimum Gasteiger partial charge on any atom is -0.342 e. The van der Waals surface area contributed by atoms with E-state index in [2.05, 4.69) is 22.3 Å². The van der Waals surface area contributed by atoms with Crippen LogP contribution in [0.2, 0.25) is 5.02 Å². The van der Waals surface area contributed by atoms with Gasteiger partial charge in [0.15, 0.2) is 0 Å². The highest BCUT2D eigenvalue weighted by Crippen LogP contribution is 2.31. The molecule has 138 valence electrons. The van der Waals surface area contributed by atoms with Gasteiger partial charge in [-0.2, -0.15) is 4.98 Å². The minimum absolute atomic E-state index is 0.0792. The summed E-state index contributed by atoms with van der Waals surface area (Å²) in [6.45, 7) is 1.20. The predicted molar refractivity (Wildman–Crippen MR) is 98.8 cm³/mol. The number of likely N-dealkylation sites (tertiary alicyclic amines) is 1. The topological polar surface area (TPSA) is 59.2 Å². The van der Waals surface area contributed by atoms with E-state index in [1.807, 2.05) is 23.1 Å². The predicted octanol–water partition coefficient (Wildman–Crippen LogP) is 4.09. The van der Waals surface area contributed by atoms with Crippen LogP contribution in [0.1, 0.15) is 23.8 Å². The van der Waals surface area contributed by atoms with Crippen molar-refractivity contribution in [3.05, 3.63) is 70.8 Å². The zero-order chi connectivity index (χ0) is 18.8. The Labute approximate surface area is 160 Å². The molecule has 0 radical (unpaired) electrons. The number of benzene rings is 2. The van der Waals surface area contributed by atoms with Crippen LogP contribution >= 0.6 is 11.6 Å². The molecule has 0 bridgehead atoms. The smallest absolute Gasteiger partial charge is 0.232 e. The van der Waals surface area contributed by atoms with E-state index in [1.54, 1.807) is 0 Å². The molecule has 0 aliphatic carbocycles. The third kappa shape index (κ3) is 3.85. The van der Waals surface area contributed by atoms with Crippen molar-refractivity contribution in [2.24, 2.45) is 0 Å². The molecule has 3 aromatic rings. The fourth-order valence-corrected chi connectivity index (χ4v) is 3.50. The van der Waals surface area contributed by atoms with Crippen LogP contribution in [0.4, 0.5) is 4.39 Å². The normalized spacial score (nSPS) is 16.9. The first-order valence-corrected chi connectivity index (χ1v) is 9.08. The molecule has 0 N–H and O–H groups in total. The van der Waals surface area contributed by atoms with Gasteiger partial charge in [0.05, 0.1) is 10.9 Å². The summed E-state index contributed by atoms with van der Waals surface area (Å²) in [5.74, 6) is 0.207. The minimum atomic E-state index is -0.428. The molecule has 2 heterocycles. The molecule has 0 saturated carbocycles. The van der Waals surface area contributed by atoms with Gasteiger partial charge < -0.3 is 9.42 Å². The zero-order valence-corrected chi connectivity index (χ0v) is 15.2. The molecule has 1 amide bonds. The van der Waals surface area contributed by atoms with Gasteiger partial charge in [0.25, 0.3) is 0 Å². The highest BCUT2D eigenvalue weighted by Gasteiger charge is 2.34. The van der Waals surface area contributed by atoms with Crippen molar-refractivity contribution in [2.45, 2.75) is 18.8 Å². The highest BCUT2D eigenvalue weighted by molar-refractivity contribution is 6.33. The molecule has 0 spiro atoms. The summed E-state index contributed by atoms with van der Waals surface area (Å²) < 4.78 is 18.6. The second kappa shape index (κ2) is 7.48. The first-order valence-electron chi connectivity index (χ1n) is 8.71. The van der Waals surface area contributed by atoms with Gasteiger partial charge in [-0.1, -0.05) is 47.1 Å². The van der Waals surface area contributed by atoms with Crippen LogP contribution in [0.3, 0.4) is 0 Å². The third-order valence-corrected chi connectivity index (χ3v) is 5.00. The summed E-state index contributed by atoms with van der Waals surface area (Å²) >= 11 is 6.05. The lowest BCUT2D eigenvalue weighted by atomic mass is 10.1. The standard InChI is InChI=1S/C20H17ClFN3O2/c21-17-11-15(22)6-7-16(17)19-23-20(27-24-19)14-10-18(26)25(12-14)9-8-13-4-2-1-3-5-13/h1-7,11,14H,8-10,12H2. The summed E-state index contributed by atoms with van der Waals surface area (Å²) in [4.78, 5) is 18.5. The molecular formula is C20H17ClFN3O2. The maximum Gasteiger partial charge on any atom is 0.232 e. The number of aromatic nitrogens is 2. The molecule has 1 saturated heterocycles. The van der Waals surface area contributed by atoms with Gasteiger partial charge in [-0.15, -0.1) is 0 Å². The van der Waals surface area contributed by atoms with E-state index in [9.17, 15) is 9.18 Å². The van der Waals surface area contributed by atoms with Crippen molar-refractivity contribution in [3.63, 3.8) is 0 Å². The van der Waals surface area contributed by atoms with Gasteiger partial charge in [-0.25, -0.2) is 4.39 Å². The Morgan fingerprint density at radius 2 is 2.04 bits per heavy atom. The largest absolute Gasteiger partial charge is 0.342 e. The van der Waals surface area contributed by atoms with E-state index in [0.29, 0.717) is 36.8 Å². The zero-order valence-electron chi connectivity index (χ0n) is 14.4. The Bertz CT molecular complexity index is 961. The number of amides is 1. The van der Waals surface area contributed by atoms with Crippen molar-refractivity contribution in [1.82, 2.24) is 15.0 Å². The lowest BCUT2D eigenvalue weighted by molar-refractivity contribution is -0.127. The molecule has 1 aliphatic rings. The summed E-state index contributed by atoms with van der Waals surface area (Å²) in [7, 11) is 0. The van der Waals surface area contributed by atoms with Gasteiger partial charge >= 0.3 is 0 Å². The Balaban J connectivity index is 1.44. The van der Waals surface area contributed by atoms with Crippen molar-refractivity contribution in [1.29, 1.82) is 0 Å². The van der Waals surface area contributed by atoms with E-state index in [-0.39, 0.29) is 16.8 Å². The number of halogens is 2. The SMILES string of the molecule is O=C1CC(c2nc(-c3ccc(F)cc3Cl)no2)CN1CCc1ccccc1. The number of carbonyl (C=O) groups is 1. The van der Waals surface area contributed by atoms with Crippen molar-refractivity contribution < 1.29 is 13.7 Å². The third-order valence-electron chi connectivity index (χ3n) is 4.69. The Kier molecular flexibility index (Phi) is 4.90. The summed E-state index contributed by atoms with van der Waals surface area (Å²) in [5.41, 5.74) is 1.69. The summed E-state index contributed by atoms with van der Waals surface area (Å²) in [5, 5.41) is 4.16. The van der Waals surface area contributed by atoms with Crippen LogP contribution in [0.15, 0.2) is 53.1 Å². The number of carbonyl (C=O) groups excluding carboxylic acids is 1. The molecule has 2 aromatic carbocycles. The first-order chi connectivity index (χ1) is 13.1. The monoisotopic (exact) mass is 385 g/mol. The van der Waals surface area contributed by atoms with Gasteiger partial charge in [-0.05, 0) is 30.2 Å². The number of hydrogen-bond acceptors (Lipinski definition) is 4. The molecular weight excluding hydrogens is 369 g/mol. The van der Waals surface area contributed by atoms with E-state index in [0.717, 1.165) is 6.42 Å². The van der Waals surface area contributed by atoms with E-state index in [1.165, 1.54) is 23.8 Å². The fourth-order valence-electron chi connectivity index (χ4n) is 3.24. The summed E-state index contributed by atoms with van der Waals surface area (Å²) in [6.07, 6.45) is 1.15. The van der Waals surface area contributed by atoms with Gasteiger partial charge in [0, 0.05) is 25.1 Å². The first kappa shape index (κ1) is 17.7. The molecule has 7 heteroatoms. The van der Waals surface area contributed by atoms with E-state index >= 15 is 0 Å². The average molecular weight is 386 g/mol. The highest BCUT2D eigenvalue weighted by atomic mass is 35.5. The summed E-state index contributed by atoms with van der Waals surface area (Å²) in [6, 6.07) is 14.1. The molecule has 5 nitrogen and oxygen atoms in total. The Hall–Kier alpha value is -2.73. The second-order valence-electron chi connectivity index (χ2n) is 6.56. The Morgan fingerprint density at radius 1 is 1.22 bits per heavy atom. The van der Waals surface area contributed by atoms with Crippen LogP contribution in [0.5, 0.6) is 0 Å². The average Bonchev–Trinajstić information content (AvgIpc) is 3.28. The van der Waals surface area contributed by atoms with Gasteiger partial charge in [0.1, 0.15) is 5.82 Å². The van der Waals surface area contributed by atoms with Gasteiger partial charge in [0.2, 0.25) is 17.6 Å².